The van der Waals surface area contributed by atoms with Gasteiger partial charge in [-0.2, -0.15) is 0 Å². The predicted octanol–water partition coefficient (Wildman–Crippen LogP) is 2.23. The lowest BCUT2D eigenvalue weighted by Crippen LogP contribution is -3.11. The van der Waals surface area contributed by atoms with Gasteiger partial charge in [-0.05, 0) is 38.1 Å². The average Bonchev–Trinajstić information content (AvgIpc) is 2.65. The van der Waals surface area contributed by atoms with Gasteiger partial charge in [0.05, 0.1) is 31.0 Å². The maximum absolute atomic E-state index is 12.3. The summed E-state index contributed by atoms with van der Waals surface area (Å²) < 4.78 is 11.1. The number of rotatable bonds is 10. The first kappa shape index (κ1) is 22.5. The number of amides is 2. The standard InChI is InChI=1S/C21H26ClN3O4/c1-4-28-18-11-10-15(12-19(18)29-5-2)23-20(26)13-25(3)14-21(27)24-17-9-7-6-8-16(17)22/h6-12H,4-5,13-14H2,1-3H3,(H,23,26)(H,24,27)/p+1. The molecule has 0 spiro atoms. The van der Waals surface area contributed by atoms with Gasteiger partial charge in [-0.3, -0.25) is 9.59 Å². The molecule has 8 heteroatoms. The summed E-state index contributed by atoms with van der Waals surface area (Å²) in [4.78, 5) is 25.3. The lowest BCUT2D eigenvalue weighted by Gasteiger charge is -2.15. The number of hydrogen-bond donors (Lipinski definition) is 3. The zero-order valence-corrected chi connectivity index (χ0v) is 17.6. The summed E-state index contributed by atoms with van der Waals surface area (Å²) in [7, 11) is 1.77. The number of benzene rings is 2. The van der Waals surface area contributed by atoms with Crippen LogP contribution in [0.3, 0.4) is 0 Å². The van der Waals surface area contributed by atoms with Gasteiger partial charge in [-0.15, -0.1) is 0 Å². The molecule has 0 saturated carbocycles. The van der Waals surface area contributed by atoms with Gasteiger partial charge in [0.2, 0.25) is 0 Å². The second kappa shape index (κ2) is 11.3. The molecule has 1 unspecified atom stereocenters. The summed E-state index contributed by atoms with van der Waals surface area (Å²) in [5, 5.41) is 6.04. The highest BCUT2D eigenvalue weighted by molar-refractivity contribution is 6.33. The van der Waals surface area contributed by atoms with Crippen molar-refractivity contribution in [1.82, 2.24) is 0 Å². The fourth-order valence-corrected chi connectivity index (χ4v) is 2.88. The van der Waals surface area contributed by atoms with E-state index in [0.717, 1.165) is 4.90 Å². The van der Waals surface area contributed by atoms with E-state index >= 15 is 0 Å². The van der Waals surface area contributed by atoms with Crippen molar-refractivity contribution in [2.45, 2.75) is 13.8 Å². The smallest absolute Gasteiger partial charge is 0.279 e. The molecule has 0 aliphatic heterocycles. The van der Waals surface area contributed by atoms with Gasteiger partial charge in [0.15, 0.2) is 24.6 Å². The molecule has 2 aromatic rings. The summed E-state index contributed by atoms with van der Waals surface area (Å²) in [6.45, 7) is 5.05. The van der Waals surface area contributed by atoms with Crippen LogP contribution in [-0.2, 0) is 9.59 Å². The van der Waals surface area contributed by atoms with E-state index in [2.05, 4.69) is 10.6 Å². The second-order valence-corrected chi connectivity index (χ2v) is 6.82. The summed E-state index contributed by atoms with van der Waals surface area (Å²) in [6.07, 6.45) is 0. The van der Waals surface area contributed by atoms with E-state index in [-0.39, 0.29) is 24.9 Å². The van der Waals surface area contributed by atoms with Crippen molar-refractivity contribution in [2.75, 3.05) is 44.0 Å². The Hall–Kier alpha value is -2.77. The summed E-state index contributed by atoms with van der Waals surface area (Å²) >= 11 is 6.04. The first-order valence-corrected chi connectivity index (χ1v) is 9.85. The zero-order chi connectivity index (χ0) is 21.2. The molecule has 0 aliphatic rings. The van der Waals surface area contributed by atoms with Gasteiger partial charge < -0.3 is 25.0 Å². The number of quaternary nitrogens is 1. The van der Waals surface area contributed by atoms with E-state index in [0.29, 0.717) is 41.1 Å². The molecule has 0 fully saturated rings. The minimum absolute atomic E-state index is 0.131. The lowest BCUT2D eigenvalue weighted by atomic mass is 10.2. The van der Waals surface area contributed by atoms with Crippen LogP contribution in [0.5, 0.6) is 11.5 Å². The van der Waals surface area contributed by atoms with E-state index in [4.69, 9.17) is 21.1 Å². The van der Waals surface area contributed by atoms with Gasteiger partial charge in [-0.1, -0.05) is 23.7 Å². The lowest BCUT2D eigenvalue weighted by molar-refractivity contribution is -0.862. The number of anilines is 2. The normalized spacial score (nSPS) is 11.4. The topological polar surface area (TPSA) is 81.1 Å². The average molecular weight is 421 g/mol. The van der Waals surface area contributed by atoms with E-state index in [1.54, 1.807) is 49.5 Å². The third-order valence-electron chi connectivity index (χ3n) is 3.90. The Kier molecular flexibility index (Phi) is 8.76. The Morgan fingerprint density at radius 2 is 1.55 bits per heavy atom. The number of carbonyl (C=O) groups is 2. The van der Waals surface area contributed by atoms with Crippen LogP contribution < -0.4 is 25.0 Å². The van der Waals surface area contributed by atoms with Crippen molar-refractivity contribution < 1.29 is 24.0 Å². The quantitative estimate of drug-likeness (QED) is 0.550. The molecule has 0 heterocycles. The van der Waals surface area contributed by atoms with Gasteiger partial charge in [0.25, 0.3) is 11.8 Å². The van der Waals surface area contributed by atoms with Crippen LogP contribution in [0.25, 0.3) is 0 Å². The van der Waals surface area contributed by atoms with Gasteiger partial charge >= 0.3 is 0 Å². The number of halogens is 1. The maximum Gasteiger partial charge on any atom is 0.279 e. The van der Waals surface area contributed by atoms with Crippen LogP contribution in [0.15, 0.2) is 42.5 Å². The summed E-state index contributed by atoms with van der Waals surface area (Å²) in [5.74, 6) is 0.779. The predicted molar refractivity (Wildman–Crippen MR) is 114 cm³/mol. The number of para-hydroxylation sites is 1. The largest absolute Gasteiger partial charge is 0.490 e. The van der Waals surface area contributed by atoms with Crippen molar-refractivity contribution in [1.29, 1.82) is 0 Å². The third kappa shape index (κ3) is 7.29. The maximum atomic E-state index is 12.3. The van der Waals surface area contributed by atoms with Gasteiger partial charge in [-0.25, -0.2) is 0 Å². The van der Waals surface area contributed by atoms with Gasteiger partial charge in [0, 0.05) is 11.8 Å². The van der Waals surface area contributed by atoms with E-state index in [1.807, 2.05) is 13.8 Å². The van der Waals surface area contributed by atoms with Crippen molar-refractivity contribution in [3.05, 3.63) is 47.5 Å². The molecule has 0 radical (unpaired) electrons. The molecule has 0 aliphatic carbocycles. The third-order valence-corrected chi connectivity index (χ3v) is 4.23. The molecule has 3 N–H and O–H groups in total. The number of ether oxygens (including phenoxy) is 2. The molecular formula is C21H27ClN3O4+. The highest BCUT2D eigenvalue weighted by atomic mass is 35.5. The molecule has 0 saturated heterocycles. The van der Waals surface area contributed by atoms with Crippen molar-refractivity contribution >= 4 is 34.8 Å². The van der Waals surface area contributed by atoms with Crippen molar-refractivity contribution in [3.63, 3.8) is 0 Å². The first-order valence-electron chi connectivity index (χ1n) is 9.48. The molecular weight excluding hydrogens is 394 g/mol. The molecule has 156 valence electrons. The van der Waals surface area contributed by atoms with Crippen molar-refractivity contribution in [3.8, 4) is 11.5 Å². The fourth-order valence-electron chi connectivity index (χ4n) is 2.70. The van der Waals surface area contributed by atoms with Crippen LogP contribution >= 0.6 is 11.6 Å². The van der Waals surface area contributed by atoms with Crippen LogP contribution in [0, 0.1) is 0 Å². The number of nitrogens with one attached hydrogen (secondary N) is 3. The molecule has 0 aromatic heterocycles. The first-order chi connectivity index (χ1) is 13.9. The monoisotopic (exact) mass is 420 g/mol. The molecule has 2 amide bonds. The van der Waals surface area contributed by atoms with Crippen LogP contribution in [-0.4, -0.2) is 45.2 Å². The van der Waals surface area contributed by atoms with Crippen LogP contribution in [0.1, 0.15) is 13.8 Å². The van der Waals surface area contributed by atoms with E-state index in [9.17, 15) is 9.59 Å². The van der Waals surface area contributed by atoms with Crippen LogP contribution in [0.4, 0.5) is 11.4 Å². The number of carbonyl (C=O) groups excluding carboxylic acids is 2. The molecule has 29 heavy (non-hydrogen) atoms. The Balaban J connectivity index is 1.88. The minimum atomic E-state index is -0.219. The SMILES string of the molecule is CCOc1ccc(NC(=O)C[NH+](C)CC(=O)Nc2ccccc2Cl)cc1OCC. The Labute approximate surface area is 175 Å². The minimum Gasteiger partial charge on any atom is -0.490 e. The Morgan fingerprint density at radius 3 is 2.21 bits per heavy atom. The molecule has 7 nitrogen and oxygen atoms in total. The zero-order valence-electron chi connectivity index (χ0n) is 16.9. The Morgan fingerprint density at radius 1 is 0.931 bits per heavy atom. The highest BCUT2D eigenvalue weighted by Crippen LogP contribution is 2.30. The fraction of sp³-hybridized carbons (Fsp3) is 0.333. The molecule has 2 rings (SSSR count). The Bertz CT molecular complexity index is 844. The second-order valence-electron chi connectivity index (χ2n) is 6.41. The molecule has 0 bridgehead atoms. The van der Waals surface area contributed by atoms with Crippen LogP contribution in [0.2, 0.25) is 5.02 Å². The van der Waals surface area contributed by atoms with Crippen molar-refractivity contribution in [2.24, 2.45) is 0 Å². The van der Waals surface area contributed by atoms with Gasteiger partial charge in [0.1, 0.15) is 0 Å². The molecule has 2 aromatic carbocycles. The van der Waals surface area contributed by atoms with E-state index in [1.165, 1.54) is 0 Å². The summed E-state index contributed by atoms with van der Waals surface area (Å²) in [6, 6.07) is 12.3. The van der Waals surface area contributed by atoms with E-state index < -0.39 is 0 Å². The number of likely N-dealkylation sites (N-methyl/N-ethyl adjacent to an activating group) is 1. The highest BCUT2D eigenvalue weighted by Gasteiger charge is 2.16. The number of hydrogen-bond acceptors (Lipinski definition) is 4. The summed E-state index contributed by atoms with van der Waals surface area (Å²) in [5.41, 5.74) is 1.16. The molecule has 1 atom stereocenters.